The number of hydrogen-bond donors (Lipinski definition) is 1. The summed E-state index contributed by atoms with van der Waals surface area (Å²) in [4.78, 5) is 5.26. The summed E-state index contributed by atoms with van der Waals surface area (Å²) in [5.74, 6) is 0. The second-order valence-corrected chi connectivity index (χ2v) is 2.52. The third kappa shape index (κ3) is 2.10. The van der Waals surface area contributed by atoms with Crippen LogP contribution in [0.2, 0.25) is 0 Å². The first-order chi connectivity index (χ1) is 4.83. The number of nitrogens with zero attached hydrogens (tertiary/aromatic N) is 1. The Bertz CT molecular complexity index is 116. The predicted octanol–water partition coefficient (Wildman–Crippen LogP) is 0.137. The SMILES string of the molecule is C=CCON1CCC(N)C1. The van der Waals surface area contributed by atoms with Crippen LogP contribution in [0.15, 0.2) is 12.7 Å². The van der Waals surface area contributed by atoms with Gasteiger partial charge < -0.3 is 5.73 Å². The Kier molecular flexibility index (Phi) is 2.86. The monoisotopic (exact) mass is 142 g/mol. The van der Waals surface area contributed by atoms with Crippen LogP contribution >= 0.6 is 0 Å². The van der Waals surface area contributed by atoms with Crippen LogP contribution in [0, 0.1) is 0 Å². The highest BCUT2D eigenvalue weighted by Gasteiger charge is 2.18. The van der Waals surface area contributed by atoms with Gasteiger partial charge in [0.05, 0.1) is 6.61 Å². The fourth-order valence-corrected chi connectivity index (χ4v) is 1.03. The molecule has 3 nitrogen and oxygen atoms in total. The molecule has 0 amide bonds. The summed E-state index contributed by atoms with van der Waals surface area (Å²) in [7, 11) is 0. The lowest BCUT2D eigenvalue weighted by atomic mass is 10.3. The van der Waals surface area contributed by atoms with Gasteiger partial charge in [0.1, 0.15) is 0 Å². The molecular formula is C7H14N2O. The maximum Gasteiger partial charge on any atom is 0.0864 e. The number of rotatable bonds is 3. The molecule has 58 valence electrons. The molecule has 10 heavy (non-hydrogen) atoms. The molecule has 0 aromatic heterocycles. The van der Waals surface area contributed by atoms with Gasteiger partial charge in [0.25, 0.3) is 0 Å². The van der Waals surface area contributed by atoms with Gasteiger partial charge in [-0.2, -0.15) is 5.06 Å². The van der Waals surface area contributed by atoms with E-state index in [4.69, 9.17) is 10.6 Å². The average Bonchev–Trinajstić information content (AvgIpc) is 2.31. The van der Waals surface area contributed by atoms with Crippen molar-refractivity contribution in [1.29, 1.82) is 0 Å². The first-order valence-corrected chi connectivity index (χ1v) is 3.57. The summed E-state index contributed by atoms with van der Waals surface area (Å²) >= 11 is 0. The van der Waals surface area contributed by atoms with Crippen molar-refractivity contribution in [3.8, 4) is 0 Å². The topological polar surface area (TPSA) is 38.5 Å². The number of hydroxylamine groups is 2. The van der Waals surface area contributed by atoms with Gasteiger partial charge in [-0.1, -0.05) is 6.08 Å². The Labute approximate surface area is 61.4 Å². The third-order valence-electron chi connectivity index (χ3n) is 1.56. The van der Waals surface area contributed by atoms with Crippen molar-refractivity contribution >= 4 is 0 Å². The zero-order chi connectivity index (χ0) is 7.40. The van der Waals surface area contributed by atoms with E-state index in [0.29, 0.717) is 12.6 Å². The normalized spacial score (nSPS) is 27.1. The molecule has 1 fully saturated rings. The van der Waals surface area contributed by atoms with Gasteiger partial charge in [-0.15, -0.1) is 6.58 Å². The minimum atomic E-state index is 0.296. The summed E-state index contributed by atoms with van der Waals surface area (Å²) in [6, 6.07) is 0.296. The predicted molar refractivity (Wildman–Crippen MR) is 40.3 cm³/mol. The molecule has 0 aromatic rings. The number of nitrogens with two attached hydrogens (primary N) is 1. The van der Waals surface area contributed by atoms with Gasteiger partial charge in [-0.3, -0.25) is 4.84 Å². The highest BCUT2D eigenvalue weighted by Crippen LogP contribution is 2.06. The molecule has 1 rings (SSSR count). The summed E-state index contributed by atoms with van der Waals surface area (Å²) in [5.41, 5.74) is 5.65. The molecule has 0 radical (unpaired) electrons. The first kappa shape index (κ1) is 7.72. The molecule has 0 aromatic carbocycles. The molecular weight excluding hydrogens is 128 g/mol. The van der Waals surface area contributed by atoms with E-state index in [2.05, 4.69) is 6.58 Å². The minimum Gasteiger partial charge on any atom is -0.326 e. The van der Waals surface area contributed by atoms with E-state index in [1.807, 2.05) is 5.06 Å². The van der Waals surface area contributed by atoms with E-state index in [1.165, 1.54) is 0 Å². The van der Waals surface area contributed by atoms with Gasteiger partial charge >= 0.3 is 0 Å². The maximum atomic E-state index is 5.65. The molecule has 1 saturated heterocycles. The first-order valence-electron chi connectivity index (χ1n) is 3.57. The highest BCUT2D eigenvalue weighted by molar-refractivity contribution is 4.73. The van der Waals surface area contributed by atoms with Gasteiger partial charge in [0.2, 0.25) is 0 Å². The van der Waals surface area contributed by atoms with Gasteiger partial charge in [-0.25, -0.2) is 0 Å². The van der Waals surface area contributed by atoms with E-state index in [-0.39, 0.29) is 0 Å². The fourth-order valence-electron chi connectivity index (χ4n) is 1.03. The van der Waals surface area contributed by atoms with Gasteiger partial charge in [0.15, 0.2) is 0 Å². The lowest BCUT2D eigenvalue weighted by molar-refractivity contribution is -0.131. The Morgan fingerprint density at radius 2 is 2.60 bits per heavy atom. The molecule has 1 unspecified atom stereocenters. The van der Waals surface area contributed by atoms with Crippen molar-refractivity contribution in [2.45, 2.75) is 12.5 Å². The van der Waals surface area contributed by atoms with Gasteiger partial charge in [0, 0.05) is 19.1 Å². The zero-order valence-corrected chi connectivity index (χ0v) is 6.12. The van der Waals surface area contributed by atoms with E-state index >= 15 is 0 Å². The molecule has 1 aliphatic heterocycles. The number of hydrogen-bond acceptors (Lipinski definition) is 3. The molecule has 3 heteroatoms. The lowest BCUT2D eigenvalue weighted by Crippen LogP contribution is -2.26. The Balaban J connectivity index is 2.12. The molecule has 0 spiro atoms. The second kappa shape index (κ2) is 3.71. The van der Waals surface area contributed by atoms with Gasteiger partial charge in [-0.05, 0) is 6.42 Å². The van der Waals surface area contributed by atoms with E-state index in [9.17, 15) is 0 Å². The van der Waals surface area contributed by atoms with Crippen molar-refractivity contribution in [3.63, 3.8) is 0 Å². The maximum absolute atomic E-state index is 5.65. The highest BCUT2D eigenvalue weighted by atomic mass is 16.7. The second-order valence-electron chi connectivity index (χ2n) is 2.52. The largest absolute Gasteiger partial charge is 0.326 e. The summed E-state index contributed by atoms with van der Waals surface area (Å²) in [5, 5.41) is 1.90. The third-order valence-corrected chi connectivity index (χ3v) is 1.56. The van der Waals surface area contributed by atoms with Crippen LogP contribution < -0.4 is 5.73 Å². The van der Waals surface area contributed by atoms with Crippen LogP contribution in [-0.2, 0) is 4.84 Å². The minimum absolute atomic E-state index is 0.296. The van der Waals surface area contributed by atoms with Crippen molar-refractivity contribution in [2.24, 2.45) is 5.73 Å². The molecule has 2 N–H and O–H groups in total. The molecule has 1 atom stereocenters. The van der Waals surface area contributed by atoms with Crippen molar-refractivity contribution < 1.29 is 4.84 Å². The fraction of sp³-hybridized carbons (Fsp3) is 0.714. The van der Waals surface area contributed by atoms with E-state index in [1.54, 1.807) is 6.08 Å². The van der Waals surface area contributed by atoms with Crippen LogP contribution in [0.4, 0.5) is 0 Å². The van der Waals surface area contributed by atoms with Crippen molar-refractivity contribution in [3.05, 3.63) is 12.7 Å². The molecule has 0 saturated carbocycles. The van der Waals surface area contributed by atoms with Crippen molar-refractivity contribution in [1.82, 2.24) is 5.06 Å². The van der Waals surface area contributed by atoms with Crippen LogP contribution in [0.1, 0.15) is 6.42 Å². The Morgan fingerprint density at radius 3 is 3.10 bits per heavy atom. The smallest absolute Gasteiger partial charge is 0.0864 e. The van der Waals surface area contributed by atoms with Crippen molar-refractivity contribution in [2.75, 3.05) is 19.7 Å². The Morgan fingerprint density at radius 1 is 1.80 bits per heavy atom. The zero-order valence-electron chi connectivity index (χ0n) is 6.12. The molecule has 1 heterocycles. The molecule has 1 aliphatic rings. The summed E-state index contributed by atoms with van der Waals surface area (Å²) in [6.45, 7) is 5.96. The van der Waals surface area contributed by atoms with Crippen LogP contribution in [-0.4, -0.2) is 30.8 Å². The molecule has 0 aliphatic carbocycles. The standard InChI is InChI=1S/C7H14N2O/c1-2-5-10-9-4-3-7(8)6-9/h2,7H,1,3-6,8H2. The van der Waals surface area contributed by atoms with Crippen LogP contribution in [0.25, 0.3) is 0 Å². The lowest BCUT2D eigenvalue weighted by Gasteiger charge is -2.12. The quantitative estimate of drug-likeness (QED) is 0.569. The summed E-state index contributed by atoms with van der Waals surface area (Å²) < 4.78 is 0. The average molecular weight is 142 g/mol. The summed E-state index contributed by atoms with van der Waals surface area (Å²) in [6.07, 6.45) is 2.78. The van der Waals surface area contributed by atoms with E-state index in [0.717, 1.165) is 19.5 Å². The van der Waals surface area contributed by atoms with E-state index < -0.39 is 0 Å². The molecule has 0 bridgehead atoms. The van der Waals surface area contributed by atoms with Crippen LogP contribution in [0.5, 0.6) is 0 Å². The Hall–Kier alpha value is -0.380. The van der Waals surface area contributed by atoms with Crippen LogP contribution in [0.3, 0.4) is 0 Å².